The molecule has 0 saturated carbocycles. The van der Waals surface area contributed by atoms with E-state index < -0.39 is 22.2 Å². The fourth-order valence-electron chi connectivity index (χ4n) is 3.57. The topological polar surface area (TPSA) is 70.5 Å². The van der Waals surface area contributed by atoms with Crippen molar-refractivity contribution in [3.8, 4) is 0 Å². The molecule has 27 heavy (non-hydrogen) atoms. The maximum Gasteiger partial charge on any atom is 0.244 e. The number of nitrogens with zero attached hydrogens (tertiary/aromatic N) is 2. The van der Waals surface area contributed by atoms with Gasteiger partial charge in [-0.05, 0) is 35.7 Å². The molecule has 2 unspecified atom stereocenters. The van der Waals surface area contributed by atoms with Crippen LogP contribution in [0.3, 0.4) is 0 Å². The summed E-state index contributed by atoms with van der Waals surface area (Å²) in [5, 5.41) is 11.0. The van der Waals surface area contributed by atoms with Crippen molar-refractivity contribution in [1.29, 1.82) is 0 Å². The number of hydrogen-bond donors (Lipinski definition) is 1. The van der Waals surface area contributed by atoms with Gasteiger partial charge in [-0.15, -0.1) is 0 Å². The lowest BCUT2D eigenvalue weighted by atomic mass is 9.95. The van der Waals surface area contributed by atoms with E-state index >= 15 is 0 Å². The van der Waals surface area contributed by atoms with E-state index in [1.165, 1.54) is 4.31 Å². The van der Waals surface area contributed by atoms with E-state index in [1.54, 1.807) is 48.8 Å². The van der Waals surface area contributed by atoms with E-state index in [0.717, 1.165) is 11.1 Å². The normalized spacial score (nSPS) is 21.5. The number of rotatable bonds is 4. The lowest BCUT2D eigenvalue weighted by molar-refractivity contribution is 0.0769. The van der Waals surface area contributed by atoms with Crippen LogP contribution in [0.4, 0.5) is 0 Å². The summed E-state index contributed by atoms with van der Waals surface area (Å²) in [6.45, 7) is 0.188. The van der Waals surface area contributed by atoms with Crippen LogP contribution in [-0.4, -0.2) is 28.9 Å². The second-order valence-electron chi connectivity index (χ2n) is 6.65. The molecule has 1 aliphatic rings. The number of hydrogen-bond acceptors (Lipinski definition) is 4. The highest BCUT2D eigenvalue weighted by molar-refractivity contribution is 7.89. The molecular formula is C21H20N2O3S. The summed E-state index contributed by atoms with van der Waals surface area (Å²) >= 11 is 0. The Morgan fingerprint density at radius 1 is 0.889 bits per heavy atom. The van der Waals surface area contributed by atoms with Crippen LogP contribution in [-0.2, 0) is 23.0 Å². The van der Waals surface area contributed by atoms with Gasteiger partial charge < -0.3 is 5.11 Å². The van der Waals surface area contributed by atoms with Gasteiger partial charge in [0.15, 0.2) is 0 Å². The number of benzene rings is 2. The van der Waals surface area contributed by atoms with Crippen LogP contribution < -0.4 is 0 Å². The lowest BCUT2D eigenvalue weighted by Gasteiger charge is -2.39. The molecular weight excluding hydrogens is 360 g/mol. The quantitative estimate of drug-likeness (QED) is 0.756. The fourth-order valence-corrected chi connectivity index (χ4v) is 5.42. The second-order valence-corrected chi connectivity index (χ2v) is 8.50. The van der Waals surface area contributed by atoms with Gasteiger partial charge in [-0.25, -0.2) is 8.42 Å². The van der Waals surface area contributed by atoms with Crippen molar-refractivity contribution in [2.45, 2.75) is 30.0 Å². The van der Waals surface area contributed by atoms with Crippen LogP contribution in [0, 0.1) is 0 Å². The van der Waals surface area contributed by atoms with E-state index in [0.29, 0.717) is 12.0 Å². The molecule has 2 aromatic carbocycles. The van der Waals surface area contributed by atoms with Gasteiger partial charge in [0.1, 0.15) is 0 Å². The Morgan fingerprint density at radius 3 is 2.30 bits per heavy atom. The van der Waals surface area contributed by atoms with Crippen molar-refractivity contribution in [2.24, 2.45) is 0 Å². The summed E-state index contributed by atoms with van der Waals surface area (Å²) in [5.74, 6) is 0. The highest BCUT2D eigenvalue weighted by atomic mass is 32.2. The second kappa shape index (κ2) is 7.23. The minimum atomic E-state index is -3.73. The number of pyridine rings is 1. The number of sulfonamides is 1. The largest absolute Gasteiger partial charge is 0.387 e. The Hall–Kier alpha value is -2.54. The molecule has 0 bridgehead atoms. The molecule has 2 atom stereocenters. The van der Waals surface area contributed by atoms with E-state index in [2.05, 4.69) is 4.98 Å². The zero-order valence-electron chi connectivity index (χ0n) is 14.6. The van der Waals surface area contributed by atoms with Crippen molar-refractivity contribution in [2.75, 3.05) is 0 Å². The predicted molar refractivity (Wildman–Crippen MR) is 102 cm³/mol. The van der Waals surface area contributed by atoms with Crippen LogP contribution in [0.1, 0.15) is 22.8 Å². The van der Waals surface area contributed by atoms with Crippen molar-refractivity contribution < 1.29 is 13.5 Å². The molecule has 6 heteroatoms. The third kappa shape index (κ3) is 3.39. The Morgan fingerprint density at radius 2 is 1.56 bits per heavy atom. The Bertz CT molecular complexity index is 1020. The first-order valence-electron chi connectivity index (χ1n) is 8.79. The van der Waals surface area contributed by atoms with Gasteiger partial charge in [0.25, 0.3) is 0 Å². The molecule has 0 saturated heterocycles. The van der Waals surface area contributed by atoms with Crippen LogP contribution in [0.15, 0.2) is 84.0 Å². The third-order valence-corrected chi connectivity index (χ3v) is 6.88. The van der Waals surface area contributed by atoms with Crippen LogP contribution in [0.25, 0.3) is 0 Å². The summed E-state index contributed by atoms with van der Waals surface area (Å²) in [5.41, 5.74) is 2.28. The highest BCUT2D eigenvalue weighted by Gasteiger charge is 2.43. The summed E-state index contributed by atoms with van der Waals surface area (Å²) in [4.78, 5) is 4.17. The monoisotopic (exact) mass is 380 g/mol. The van der Waals surface area contributed by atoms with Crippen molar-refractivity contribution in [3.05, 3.63) is 95.8 Å². The Kier molecular flexibility index (Phi) is 4.78. The zero-order valence-corrected chi connectivity index (χ0v) is 15.5. The molecule has 3 aromatic rings. The Balaban J connectivity index is 1.80. The van der Waals surface area contributed by atoms with Crippen molar-refractivity contribution in [1.82, 2.24) is 9.29 Å². The van der Waals surface area contributed by atoms with E-state index in [4.69, 9.17) is 0 Å². The van der Waals surface area contributed by atoms with Gasteiger partial charge >= 0.3 is 0 Å². The fraction of sp³-hybridized carbons (Fsp3) is 0.190. The van der Waals surface area contributed by atoms with Crippen LogP contribution in [0.2, 0.25) is 0 Å². The van der Waals surface area contributed by atoms with Crippen LogP contribution >= 0.6 is 0 Å². The van der Waals surface area contributed by atoms with E-state index in [-0.39, 0.29) is 11.4 Å². The first-order chi connectivity index (χ1) is 13.1. The molecule has 5 nitrogen and oxygen atoms in total. The van der Waals surface area contributed by atoms with Gasteiger partial charge in [-0.1, -0.05) is 48.5 Å². The number of aromatic nitrogens is 1. The molecule has 1 aromatic heterocycles. The van der Waals surface area contributed by atoms with Crippen LogP contribution in [0.5, 0.6) is 0 Å². The number of fused-ring (bicyclic) bond motifs is 1. The maximum atomic E-state index is 13.4. The molecule has 2 heterocycles. The molecule has 0 fully saturated rings. The summed E-state index contributed by atoms with van der Waals surface area (Å²) in [6.07, 6.45) is 2.82. The molecule has 0 radical (unpaired) electrons. The number of aliphatic hydroxyl groups is 1. The predicted octanol–water partition coefficient (Wildman–Crippen LogP) is 2.93. The standard InChI is InChI=1S/C21H20N2O3S/c24-21-18-8-4-5-9-20(18)27(25,26)23(15-17-10-12-22-13-11-17)19(21)14-16-6-2-1-3-7-16/h1-13,19,21,24H,14-15H2. The maximum absolute atomic E-state index is 13.4. The smallest absolute Gasteiger partial charge is 0.244 e. The average molecular weight is 380 g/mol. The number of aliphatic hydroxyl groups excluding tert-OH is 1. The summed E-state index contributed by atoms with van der Waals surface area (Å²) in [6, 6.07) is 19.4. The molecule has 0 amide bonds. The summed E-state index contributed by atoms with van der Waals surface area (Å²) in [7, 11) is -3.73. The SMILES string of the molecule is O=S1(=O)c2ccccc2C(O)C(Cc2ccccc2)N1Cc1ccncc1. The first-order valence-corrected chi connectivity index (χ1v) is 10.2. The third-order valence-electron chi connectivity index (χ3n) is 4.93. The van der Waals surface area contributed by atoms with Gasteiger partial charge in [0.05, 0.1) is 17.0 Å². The molecule has 0 aliphatic carbocycles. The first kappa shape index (κ1) is 17.9. The molecule has 1 N–H and O–H groups in total. The van der Waals surface area contributed by atoms with Gasteiger partial charge in [-0.2, -0.15) is 4.31 Å². The van der Waals surface area contributed by atoms with E-state index in [9.17, 15) is 13.5 Å². The molecule has 4 rings (SSSR count). The lowest BCUT2D eigenvalue weighted by Crippen LogP contribution is -2.48. The zero-order chi connectivity index (χ0) is 18.9. The van der Waals surface area contributed by atoms with Gasteiger partial charge in [0.2, 0.25) is 10.0 Å². The van der Waals surface area contributed by atoms with Crippen molar-refractivity contribution >= 4 is 10.0 Å². The van der Waals surface area contributed by atoms with Crippen molar-refractivity contribution in [3.63, 3.8) is 0 Å². The highest BCUT2D eigenvalue weighted by Crippen LogP contribution is 2.38. The summed E-state index contributed by atoms with van der Waals surface area (Å²) < 4.78 is 28.1. The van der Waals surface area contributed by atoms with E-state index in [1.807, 2.05) is 30.3 Å². The molecule has 0 spiro atoms. The van der Waals surface area contributed by atoms with Gasteiger partial charge in [0, 0.05) is 24.5 Å². The minimum Gasteiger partial charge on any atom is -0.387 e. The van der Waals surface area contributed by atoms with Gasteiger partial charge in [-0.3, -0.25) is 4.98 Å². The Labute approximate surface area is 159 Å². The molecule has 1 aliphatic heterocycles. The minimum absolute atomic E-state index is 0.177. The average Bonchev–Trinajstić information content (AvgIpc) is 2.71. The molecule has 138 valence electrons.